The Hall–Kier alpha value is -1.03. The predicted molar refractivity (Wildman–Crippen MR) is 127 cm³/mol. The maximum atomic E-state index is 12.4. The summed E-state index contributed by atoms with van der Waals surface area (Å²) >= 11 is 0. The Morgan fingerprint density at radius 2 is 1.84 bits per heavy atom. The van der Waals surface area contributed by atoms with Crippen LogP contribution >= 0.6 is 0 Å². The highest BCUT2D eigenvalue weighted by molar-refractivity contribution is 5.60. The third-order valence-electron chi connectivity index (χ3n) is 9.82. The minimum absolute atomic E-state index is 0.0232. The van der Waals surface area contributed by atoms with E-state index in [0.717, 1.165) is 44.1 Å². The third-order valence-corrected chi connectivity index (χ3v) is 9.82. The van der Waals surface area contributed by atoms with Crippen LogP contribution in [-0.4, -0.2) is 31.6 Å². The van der Waals surface area contributed by atoms with Crippen molar-refractivity contribution in [3.05, 3.63) is 11.6 Å². The first-order valence-corrected chi connectivity index (χ1v) is 13.6. The molecule has 4 rings (SSSR count). The van der Waals surface area contributed by atoms with Crippen LogP contribution in [0.3, 0.4) is 0 Å². The third kappa shape index (κ3) is 4.50. The summed E-state index contributed by atoms with van der Waals surface area (Å²) in [6.07, 6.45) is 16.4. The highest BCUT2D eigenvalue weighted by Crippen LogP contribution is 2.65. The van der Waals surface area contributed by atoms with E-state index in [0.29, 0.717) is 24.0 Å². The minimum atomic E-state index is -0.439. The van der Waals surface area contributed by atoms with E-state index in [4.69, 9.17) is 14.2 Å². The Morgan fingerprint density at radius 1 is 1.00 bits per heavy atom. The van der Waals surface area contributed by atoms with Crippen LogP contribution < -0.4 is 0 Å². The van der Waals surface area contributed by atoms with Crippen LogP contribution in [0.25, 0.3) is 0 Å². The predicted octanol–water partition coefficient (Wildman–Crippen LogP) is 7.46. The molecule has 0 heterocycles. The summed E-state index contributed by atoms with van der Waals surface area (Å²) in [5.41, 5.74) is 2.13. The minimum Gasteiger partial charge on any atom is -0.434 e. The van der Waals surface area contributed by atoms with Gasteiger partial charge < -0.3 is 14.2 Å². The average molecular weight is 447 g/mol. The van der Waals surface area contributed by atoms with Crippen molar-refractivity contribution in [2.75, 3.05) is 13.2 Å². The van der Waals surface area contributed by atoms with E-state index < -0.39 is 6.16 Å². The fraction of sp³-hybridized carbons (Fsp3) is 0.893. The van der Waals surface area contributed by atoms with Crippen molar-refractivity contribution in [1.82, 2.24) is 0 Å². The van der Waals surface area contributed by atoms with Crippen molar-refractivity contribution in [2.45, 2.75) is 117 Å². The molecule has 0 bridgehead atoms. The van der Waals surface area contributed by atoms with Crippen molar-refractivity contribution in [3.8, 4) is 0 Å². The van der Waals surface area contributed by atoms with Crippen LogP contribution in [0, 0.1) is 28.6 Å². The summed E-state index contributed by atoms with van der Waals surface area (Å²) in [4.78, 5) is 12.4. The van der Waals surface area contributed by atoms with E-state index in [-0.39, 0.29) is 11.5 Å². The van der Waals surface area contributed by atoms with Crippen LogP contribution in [0.15, 0.2) is 11.6 Å². The van der Waals surface area contributed by atoms with Crippen LogP contribution in [0.4, 0.5) is 4.79 Å². The number of carbonyl (C=O) groups excluding carboxylic acids is 1. The molecule has 0 aromatic rings. The Labute approximate surface area is 195 Å². The quantitative estimate of drug-likeness (QED) is 0.220. The Kier molecular flexibility index (Phi) is 7.59. The normalized spacial score (nSPS) is 40.6. The van der Waals surface area contributed by atoms with Gasteiger partial charge in [0.2, 0.25) is 0 Å². The van der Waals surface area contributed by atoms with Crippen LogP contribution in [0.1, 0.15) is 105 Å². The molecule has 182 valence electrons. The molecule has 4 aliphatic carbocycles. The number of allylic oxidation sites excluding steroid dienone is 1. The van der Waals surface area contributed by atoms with Crippen molar-refractivity contribution in [2.24, 2.45) is 28.6 Å². The zero-order valence-electron chi connectivity index (χ0n) is 21.0. The lowest BCUT2D eigenvalue weighted by atomic mass is 9.47. The summed E-state index contributed by atoms with van der Waals surface area (Å²) in [6, 6.07) is 0. The zero-order valence-corrected chi connectivity index (χ0v) is 21.0. The van der Waals surface area contributed by atoms with Gasteiger partial charge in [-0.1, -0.05) is 51.7 Å². The Morgan fingerprint density at radius 3 is 2.62 bits per heavy atom. The summed E-state index contributed by atoms with van der Waals surface area (Å²) in [5.74, 6) is 2.21. The second-order valence-corrected chi connectivity index (χ2v) is 11.4. The van der Waals surface area contributed by atoms with Crippen LogP contribution in [-0.2, 0) is 14.2 Å². The molecular formula is C28H46O4. The summed E-state index contributed by atoms with van der Waals surface area (Å²) in [5, 5.41) is 0. The fourth-order valence-corrected chi connectivity index (χ4v) is 8.02. The topological polar surface area (TPSA) is 44.8 Å². The molecule has 0 unspecified atom stereocenters. The Balaban J connectivity index is 1.38. The SMILES string of the molecule is CCCCCCOC(=O)O[C@H]1CC[C@H]2[C@@H]3CCC4=C[C@@H](OCC)CC[C@]4(C)[C@H]3CC[C@]12C. The zero-order chi connectivity index (χ0) is 22.8. The first-order valence-electron chi connectivity index (χ1n) is 13.6. The smallest absolute Gasteiger partial charge is 0.434 e. The molecule has 7 atom stereocenters. The largest absolute Gasteiger partial charge is 0.508 e. The van der Waals surface area contributed by atoms with Gasteiger partial charge in [-0.15, -0.1) is 0 Å². The van der Waals surface area contributed by atoms with Crippen molar-refractivity contribution in [1.29, 1.82) is 0 Å². The van der Waals surface area contributed by atoms with Crippen molar-refractivity contribution < 1.29 is 19.0 Å². The van der Waals surface area contributed by atoms with Gasteiger partial charge in [0.05, 0.1) is 12.7 Å². The van der Waals surface area contributed by atoms with Crippen molar-refractivity contribution >= 4 is 6.16 Å². The molecule has 0 aromatic carbocycles. The van der Waals surface area contributed by atoms with Gasteiger partial charge in [-0.2, -0.15) is 0 Å². The first kappa shape index (κ1) is 24.1. The lowest BCUT2D eigenvalue weighted by molar-refractivity contribution is -0.0896. The van der Waals surface area contributed by atoms with Crippen LogP contribution in [0.2, 0.25) is 0 Å². The first-order chi connectivity index (χ1) is 15.4. The van der Waals surface area contributed by atoms with Gasteiger partial charge >= 0.3 is 6.16 Å². The lowest BCUT2D eigenvalue weighted by Crippen LogP contribution is -2.52. The number of hydrogen-bond acceptors (Lipinski definition) is 4. The molecule has 32 heavy (non-hydrogen) atoms. The molecule has 0 aliphatic heterocycles. The summed E-state index contributed by atoms with van der Waals surface area (Å²) in [7, 11) is 0. The second-order valence-electron chi connectivity index (χ2n) is 11.4. The monoisotopic (exact) mass is 446 g/mol. The second kappa shape index (κ2) is 10.1. The van der Waals surface area contributed by atoms with E-state index in [1.165, 1.54) is 51.4 Å². The molecule has 3 saturated carbocycles. The average Bonchev–Trinajstić information content (AvgIpc) is 3.10. The number of fused-ring (bicyclic) bond motifs is 5. The number of hydrogen-bond donors (Lipinski definition) is 0. The van der Waals surface area contributed by atoms with Gasteiger partial charge in [-0.05, 0) is 87.9 Å². The molecule has 4 aliphatic rings. The molecule has 3 fully saturated rings. The van der Waals surface area contributed by atoms with E-state index in [9.17, 15) is 4.79 Å². The molecule has 0 spiro atoms. The van der Waals surface area contributed by atoms with Gasteiger partial charge in [0.15, 0.2) is 0 Å². The van der Waals surface area contributed by atoms with Gasteiger partial charge in [0.1, 0.15) is 6.10 Å². The van der Waals surface area contributed by atoms with Crippen LogP contribution in [0.5, 0.6) is 0 Å². The lowest BCUT2D eigenvalue weighted by Gasteiger charge is -2.58. The number of ether oxygens (including phenoxy) is 3. The molecular weight excluding hydrogens is 400 g/mol. The number of unbranched alkanes of at least 4 members (excludes halogenated alkanes) is 3. The van der Waals surface area contributed by atoms with Gasteiger partial charge in [-0.3, -0.25) is 0 Å². The maximum Gasteiger partial charge on any atom is 0.508 e. The molecule has 0 N–H and O–H groups in total. The summed E-state index contributed by atoms with van der Waals surface area (Å²) in [6.45, 7) is 10.5. The molecule has 0 radical (unpaired) electrons. The number of carbonyl (C=O) groups is 1. The summed E-state index contributed by atoms with van der Waals surface area (Å²) < 4.78 is 17.3. The van der Waals surface area contributed by atoms with E-state index in [1.54, 1.807) is 5.57 Å². The van der Waals surface area contributed by atoms with E-state index >= 15 is 0 Å². The maximum absolute atomic E-state index is 12.4. The van der Waals surface area contributed by atoms with Gasteiger partial charge in [0, 0.05) is 12.0 Å². The number of rotatable bonds is 8. The van der Waals surface area contributed by atoms with Crippen molar-refractivity contribution in [3.63, 3.8) is 0 Å². The Bertz CT molecular complexity index is 687. The molecule has 4 heteroatoms. The highest BCUT2D eigenvalue weighted by atomic mass is 16.7. The standard InChI is InChI=1S/C28H46O4/c1-5-7-8-9-18-31-26(29)32-25-13-12-23-22-11-10-20-19-21(30-6-2)14-16-27(20,3)24(22)15-17-28(23,25)4/h19,21-25H,5-18H2,1-4H3/t21-,22-,23-,24-,25-,27-,28-/m0/s1. The van der Waals surface area contributed by atoms with E-state index in [1.807, 2.05) is 0 Å². The van der Waals surface area contributed by atoms with Gasteiger partial charge in [-0.25, -0.2) is 4.79 Å². The molecule has 0 aromatic heterocycles. The fourth-order valence-electron chi connectivity index (χ4n) is 8.02. The molecule has 4 nitrogen and oxygen atoms in total. The molecule has 0 amide bonds. The molecule has 0 saturated heterocycles. The van der Waals surface area contributed by atoms with E-state index in [2.05, 4.69) is 33.8 Å². The van der Waals surface area contributed by atoms with Gasteiger partial charge in [0.25, 0.3) is 0 Å². The highest BCUT2D eigenvalue weighted by Gasteiger charge is 2.60.